The lowest BCUT2D eigenvalue weighted by molar-refractivity contribution is 0.0716. The maximum Gasteiger partial charge on any atom is 0.264 e. The number of benzene rings is 1. The predicted molar refractivity (Wildman–Crippen MR) is 117 cm³/mol. The first-order chi connectivity index (χ1) is 14.1. The normalized spacial score (nSPS) is 11.4. The van der Waals surface area contributed by atoms with Gasteiger partial charge in [-0.3, -0.25) is 4.79 Å². The van der Waals surface area contributed by atoms with E-state index in [1.165, 1.54) is 11.3 Å². The Balaban J connectivity index is 1.72. The minimum Gasteiger partial charge on any atom is -0.467 e. The highest BCUT2D eigenvalue weighted by Gasteiger charge is 2.21. The van der Waals surface area contributed by atoms with E-state index >= 15 is 0 Å². The fourth-order valence-electron chi connectivity index (χ4n) is 3.34. The number of carbonyl (C=O) groups excluding carboxylic acids is 1. The molecule has 4 aromatic rings. The van der Waals surface area contributed by atoms with Gasteiger partial charge in [-0.15, -0.1) is 11.3 Å². The molecule has 0 fully saturated rings. The van der Waals surface area contributed by atoms with E-state index in [2.05, 4.69) is 11.1 Å². The van der Waals surface area contributed by atoms with Gasteiger partial charge in [0.1, 0.15) is 10.9 Å². The van der Waals surface area contributed by atoms with Crippen molar-refractivity contribution in [1.82, 2.24) is 9.88 Å². The molecule has 0 saturated heterocycles. The minimum absolute atomic E-state index is 0.0458. The predicted octanol–water partition coefficient (Wildman–Crippen LogP) is 5.68. The van der Waals surface area contributed by atoms with Crippen molar-refractivity contribution in [3.63, 3.8) is 0 Å². The number of halogens is 1. The summed E-state index contributed by atoms with van der Waals surface area (Å²) in [6.45, 7) is 3.62. The first-order valence-corrected chi connectivity index (χ1v) is 10.6. The largest absolute Gasteiger partial charge is 0.467 e. The number of fused-ring (bicyclic) bond motifs is 3. The van der Waals surface area contributed by atoms with E-state index in [9.17, 15) is 4.79 Å². The Labute approximate surface area is 177 Å². The van der Waals surface area contributed by atoms with Gasteiger partial charge in [-0.1, -0.05) is 23.2 Å². The Morgan fingerprint density at radius 2 is 2.14 bits per heavy atom. The first kappa shape index (κ1) is 19.9. The molecule has 7 heteroatoms. The molecule has 4 rings (SSSR count). The quantitative estimate of drug-likeness (QED) is 0.280. The van der Waals surface area contributed by atoms with E-state index < -0.39 is 0 Å². The second-order valence-corrected chi connectivity index (χ2v) is 8.34. The molecule has 1 amide bonds. The molecule has 0 atom stereocenters. The monoisotopic (exact) mass is 428 g/mol. The number of pyridine rings is 1. The van der Waals surface area contributed by atoms with Crippen molar-refractivity contribution >= 4 is 49.8 Å². The number of hydrogen-bond donors (Lipinski definition) is 0. The number of rotatable bonds is 7. The van der Waals surface area contributed by atoms with Gasteiger partial charge in [0.15, 0.2) is 0 Å². The van der Waals surface area contributed by atoms with Crippen LogP contribution in [0.5, 0.6) is 0 Å². The van der Waals surface area contributed by atoms with Crippen LogP contribution >= 0.6 is 22.9 Å². The number of hydrogen-bond acceptors (Lipinski definition) is 5. The molecule has 0 unspecified atom stereocenters. The molecule has 0 spiro atoms. The van der Waals surface area contributed by atoms with E-state index in [0.29, 0.717) is 29.7 Å². The average molecular weight is 429 g/mol. The number of amides is 1. The van der Waals surface area contributed by atoms with Crippen molar-refractivity contribution in [2.75, 3.05) is 20.3 Å². The number of nitrogens with zero attached hydrogens (tertiary/aromatic N) is 2. The number of aromatic nitrogens is 1. The van der Waals surface area contributed by atoms with Crippen molar-refractivity contribution in [1.29, 1.82) is 0 Å². The lowest BCUT2D eigenvalue weighted by atomic mass is 10.1. The van der Waals surface area contributed by atoms with Crippen LogP contribution in [-0.2, 0) is 11.3 Å². The lowest BCUT2D eigenvalue weighted by Gasteiger charge is -2.20. The number of carbonyl (C=O) groups is 1. The van der Waals surface area contributed by atoms with Crippen molar-refractivity contribution in [2.24, 2.45) is 0 Å². The van der Waals surface area contributed by atoms with E-state index in [-0.39, 0.29) is 5.91 Å². The van der Waals surface area contributed by atoms with Crippen LogP contribution in [0.1, 0.15) is 27.4 Å². The summed E-state index contributed by atoms with van der Waals surface area (Å²) in [6.07, 6.45) is 2.37. The molecule has 29 heavy (non-hydrogen) atoms. The van der Waals surface area contributed by atoms with E-state index in [0.717, 1.165) is 38.7 Å². The molecule has 5 nitrogen and oxygen atoms in total. The second-order valence-electron chi connectivity index (χ2n) is 6.93. The van der Waals surface area contributed by atoms with Crippen LogP contribution in [0.4, 0.5) is 0 Å². The maximum atomic E-state index is 13.3. The molecule has 0 bridgehead atoms. The molecule has 0 radical (unpaired) electrons. The summed E-state index contributed by atoms with van der Waals surface area (Å²) in [5, 5.41) is 2.25. The van der Waals surface area contributed by atoms with Crippen LogP contribution in [0.3, 0.4) is 0 Å². The Morgan fingerprint density at radius 1 is 1.28 bits per heavy atom. The van der Waals surface area contributed by atoms with Gasteiger partial charge in [-0.05, 0) is 43.7 Å². The molecule has 0 aliphatic heterocycles. The summed E-state index contributed by atoms with van der Waals surface area (Å²) in [4.78, 5) is 20.3. The van der Waals surface area contributed by atoms with Crippen LogP contribution in [0, 0.1) is 6.92 Å². The van der Waals surface area contributed by atoms with Crippen LogP contribution < -0.4 is 0 Å². The molecule has 3 heterocycles. The van der Waals surface area contributed by atoms with E-state index in [1.54, 1.807) is 18.3 Å². The van der Waals surface area contributed by atoms with Gasteiger partial charge in [-0.25, -0.2) is 4.98 Å². The molecular formula is C22H21ClN2O3S. The third-order valence-electron chi connectivity index (χ3n) is 4.77. The zero-order valence-electron chi connectivity index (χ0n) is 16.3. The molecule has 0 aliphatic carbocycles. The molecule has 150 valence electrons. The van der Waals surface area contributed by atoms with Crippen LogP contribution in [0.2, 0.25) is 5.15 Å². The van der Waals surface area contributed by atoms with Crippen molar-refractivity contribution in [3.05, 3.63) is 64.0 Å². The lowest BCUT2D eigenvalue weighted by Crippen LogP contribution is -2.31. The number of aryl methyl sites for hydroxylation is 1. The third-order valence-corrected chi connectivity index (χ3v) is 6.22. The van der Waals surface area contributed by atoms with Gasteiger partial charge in [0.2, 0.25) is 0 Å². The summed E-state index contributed by atoms with van der Waals surface area (Å²) in [7, 11) is 1.66. The zero-order valence-corrected chi connectivity index (χ0v) is 17.8. The molecule has 0 aliphatic rings. The number of thiophene rings is 1. The van der Waals surface area contributed by atoms with Crippen molar-refractivity contribution < 1.29 is 13.9 Å². The summed E-state index contributed by atoms with van der Waals surface area (Å²) in [6, 6.07) is 11.6. The number of furan rings is 1. The fourth-order valence-corrected chi connectivity index (χ4v) is 4.79. The topological polar surface area (TPSA) is 55.6 Å². The highest BCUT2D eigenvalue weighted by Crippen LogP contribution is 2.36. The Bertz CT molecular complexity index is 1150. The van der Waals surface area contributed by atoms with Gasteiger partial charge in [0.25, 0.3) is 5.91 Å². The second kappa shape index (κ2) is 8.53. The highest BCUT2D eigenvalue weighted by atomic mass is 35.5. The van der Waals surface area contributed by atoms with Gasteiger partial charge >= 0.3 is 0 Å². The van der Waals surface area contributed by atoms with E-state index in [1.807, 2.05) is 37.3 Å². The number of methoxy groups -OCH3 is 1. The Hall–Kier alpha value is -2.41. The van der Waals surface area contributed by atoms with Crippen molar-refractivity contribution in [3.8, 4) is 0 Å². The summed E-state index contributed by atoms with van der Waals surface area (Å²) in [5.74, 6) is 0.702. The molecule has 0 N–H and O–H groups in total. The van der Waals surface area contributed by atoms with Crippen LogP contribution in [-0.4, -0.2) is 36.1 Å². The Morgan fingerprint density at radius 3 is 2.90 bits per heavy atom. The summed E-state index contributed by atoms with van der Waals surface area (Å²) < 4.78 is 11.6. The van der Waals surface area contributed by atoms with Gasteiger partial charge < -0.3 is 14.1 Å². The standard InChI is InChI=1S/C22H21ClN2O3S/c1-14-6-7-18-16(11-14)20-17(21(23)24-18)12-19(29-20)22(26)25(8-4-9-27-2)13-15-5-3-10-28-15/h3,5-7,10-12H,4,8-9,13H2,1-2H3. The molecule has 1 aromatic carbocycles. The average Bonchev–Trinajstić information content (AvgIpc) is 3.38. The van der Waals surface area contributed by atoms with Crippen molar-refractivity contribution in [2.45, 2.75) is 19.9 Å². The SMILES string of the molecule is COCCCN(Cc1ccco1)C(=O)c1cc2c(Cl)nc3ccc(C)cc3c2s1. The van der Waals surface area contributed by atoms with Gasteiger partial charge in [0.05, 0.1) is 23.2 Å². The van der Waals surface area contributed by atoms with Gasteiger partial charge in [-0.2, -0.15) is 0 Å². The molecular weight excluding hydrogens is 408 g/mol. The maximum absolute atomic E-state index is 13.3. The summed E-state index contributed by atoms with van der Waals surface area (Å²) in [5.41, 5.74) is 1.98. The number of ether oxygens (including phenoxy) is 1. The molecule has 3 aromatic heterocycles. The summed E-state index contributed by atoms with van der Waals surface area (Å²) >= 11 is 7.89. The van der Waals surface area contributed by atoms with E-state index in [4.69, 9.17) is 20.8 Å². The zero-order chi connectivity index (χ0) is 20.4. The van der Waals surface area contributed by atoms with Crippen LogP contribution in [0.25, 0.3) is 21.0 Å². The smallest absolute Gasteiger partial charge is 0.264 e. The Kier molecular flexibility index (Phi) is 5.85. The minimum atomic E-state index is -0.0458. The molecule has 0 saturated carbocycles. The van der Waals surface area contributed by atoms with Gasteiger partial charge in [0, 0.05) is 35.7 Å². The first-order valence-electron chi connectivity index (χ1n) is 9.37. The third kappa shape index (κ3) is 4.15. The van der Waals surface area contributed by atoms with Crippen LogP contribution in [0.15, 0.2) is 47.1 Å². The fraction of sp³-hybridized carbons (Fsp3) is 0.273. The highest BCUT2D eigenvalue weighted by molar-refractivity contribution is 7.21.